The lowest BCUT2D eigenvalue weighted by molar-refractivity contribution is -0.126. The summed E-state index contributed by atoms with van der Waals surface area (Å²) in [5.41, 5.74) is 1.36. The highest BCUT2D eigenvalue weighted by atomic mass is 32.1. The number of benzene rings is 2. The van der Waals surface area contributed by atoms with E-state index in [-0.39, 0.29) is 23.4 Å². The summed E-state index contributed by atoms with van der Waals surface area (Å²) < 4.78 is 75.6. The number of nitrogens with one attached hydrogen (secondary N) is 2. The first-order valence-electron chi connectivity index (χ1n) is 14.5. The van der Waals surface area contributed by atoms with Crippen LogP contribution in [-0.2, 0) is 11.0 Å². The highest BCUT2D eigenvalue weighted by Gasteiger charge is 2.34. The first-order valence-corrected chi connectivity index (χ1v) is 17.1. The highest BCUT2D eigenvalue weighted by Crippen LogP contribution is 2.54. The lowest BCUT2D eigenvalue weighted by atomic mass is 10.0. The Kier molecular flexibility index (Phi) is 10.4. The number of piperidine rings is 1. The van der Waals surface area contributed by atoms with Gasteiger partial charge in [-0.3, -0.25) is 0 Å². The Balaban J connectivity index is 1.60. The van der Waals surface area contributed by atoms with E-state index < -0.39 is 32.0 Å². The third-order valence-electron chi connectivity index (χ3n) is 7.97. The van der Waals surface area contributed by atoms with Gasteiger partial charge in [0.15, 0.2) is 0 Å². The number of halogens is 4. The number of rotatable bonds is 9. The van der Waals surface area contributed by atoms with Crippen LogP contribution in [0.15, 0.2) is 36.4 Å². The number of alkyl halides is 4. The van der Waals surface area contributed by atoms with E-state index in [0.29, 0.717) is 45.1 Å². The SMILES string of the molecule is COc1cc(P(=O)(C(C)C)C(C)C)ccc1NCC#Cc1sc2c(N[C@H]3CCN(C)C[C@H]3F)cccc2c1CC(F)(F)F. The van der Waals surface area contributed by atoms with Crippen LogP contribution in [0.5, 0.6) is 5.75 Å². The monoisotopic (exact) mass is 637 g/mol. The maximum atomic E-state index is 14.7. The largest absolute Gasteiger partial charge is 0.495 e. The molecular weight excluding hydrogens is 597 g/mol. The number of likely N-dealkylation sites (tertiary alicyclic amines) is 1. The number of hydrogen-bond acceptors (Lipinski definition) is 6. The van der Waals surface area contributed by atoms with E-state index in [1.807, 2.05) is 45.7 Å². The molecule has 3 aromatic rings. The highest BCUT2D eigenvalue weighted by molar-refractivity contribution is 7.72. The molecule has 11 heteroatoms. The van der Waals surface area contributed by atoms with Crippen LogP contribution in [0.4, 0.5) is 28.9 Å². The number of ether oxygens (including phenoxy) is 1. The number of thiophene rings is 1. The number of fused-ring (bicyclic) bond motifs is 1. The molecule has 1 aromatic heterocycles. The zero-order valence-corrected chi connectivity index (χ0v) is 27.2. The van der Waals surface area contributed by atoms with Crippen LogP contribution in [0, 0.1) is 11.8 Å². The summed E-state index contributed by atoms with van der Waals surface area (Å²) in [5.74, 6) is 6.45. The zero-order chi connectivity index (χ0) is 31.5. The molecule has 0 amide bonds. The first-order chi connectivity index (χ1) is 20.2. The van der Waals surface area contributed by atoms with E-state index in [1.165, 1.54) is 18.4 Å². The zero-order valence-electron chi connectivity index (χ0n) is 25.4. The van der Waals surface area contributed by atoms with Gasteiger partial charge in [-0.25, -0.2) is 4.39 Å². The standard InChI is InChI=1S/C32H40F4N3O2PS/c1-20(2)42(40,21(3)4)22-12-13-27(29(17-22)41-6)37-15-8-11-30-24(18-32(34,35)36)23-9-7-10-28(31(23)43-30)38-26-14-16-39(5)19-25(26)33/h7,9-10,12-13,17,20-21,25-26,37-38H,14-16,18-19H2,1-6H3/t25-,26+/m1/s1. The Hall–Kier alpha value is -2.73. The third-order valence-corrected chi connectivity index (χ3v) is 13.3. The maximum Gasteiger partial charge on any atom is 0.393 e. The van der Waals surface area contributed by atoms with Gasteiger partial charge in [-0.2, -0.15) is 13.2 Å². The van der Waals surface area contributed by atoms with Gasteiger partial charge in [0.1, 0.15) is 19.1 Å². The van der Waals surface area contributed by atoms with Gasteiger partial charge in [0, 0.05) is 29.7 Å². The quantitative estimate of drug-likeness (QED) is 0.143. The summed E-state index contributed by atoms with van der Waals surface area (Å²) in [5, 5.41) is 7.67. The molecule has 0 unspecified atom stereocenters. The minimum absolute atomic E-state index is 0.0208. The Morgan fingerprint density at radius 3 is 2.49 bits per heavy atom. The second-order valence-electron chi connectivity index (χ2n) is 11.6. The predicted octanol–water partition coefficient (Wildman–Crippen LogP) is 7.74. The fourth-order valence-corrected chi connectivity index (χ4v) is 9.86. The van der Waals surface area contributed by atoms with Crippen LogP contribution in [0.25, 0.3) is 10.1 Å². The minimum Gasteiger partial charge on any atom is -0.495 e. The molecule has 1 aliphatic rings. The Labute approximate surface area is 255 Å². The van der Waals surface area contributed by atoms with E-state index in [4.69, 9.17) is 4.74 Å². The van der Waals surface area contributed by atoms with Crippen LogP contribution >= 0.6 is 18.5 Å². The molecule has 234 valence electrons. The van der Waals surface area contributed by atoms with Crippen LogP contribution in [0.1, 0.15) is 44.6 Å². The average molecular weight is 638 g/mol. The smallest absolute Gasteiger partial charge is 0.393 e. The second-order valence-corrected chi connectivity index (χ2v) is 16.7. The molecule has 0 bridgehead atoms. The Morgan fingerprint density at radius 2 is 1.86 bits per heavy atom. The van der Waals surface area contributed by atoms with Crippen molar-refractivity contribution in [2.45, 2.75) is 70.2 Å². The lowest BCUT2D eigenvalue weighted by Gasteiger charge is -2.33. The van der Waals surface area contributed by atoms with Crippen molar-refractivity contribution in [3.8, 4) is 17.6 Å². The summed E-state index contributed by atoms with van der Waals surface area (Å²) >= 11 is 1.19. The fourth-order valence-electron chi connectivity index (χ4n) is 5.68. The van der Waals surface area contributed by atoms with Gasteiger partial charge >= 0.3 is 6.18 Å². The Bertz CT molecular complexity index is 1530. The molecule has 2 heterocycles. The Morgan fingerprint density at radius 1 is 1.14 bits per heavy atom. The van der Waals surface area contributed by atoms with Crippen molar-refractivity contribution in [2.75, 3.05) is 44.4 Å². The topological polar surface area (TPSA) is 53.6 Å². The normalized spacial score (nSPS) is 18.1. The average Bonchev–Trinajstić information content (AvgIpc) is 3.28. The van der Waals surface area contributed by atoms with Gasteiger partial charge in [-0.1, -0.05) is 51.7 Å². The van der Waals surface area contributed by atoms with Crippen molar-refractivity contribution >= 4 is 45.2 Å². The van der Waals surface area contributed by atoms with E-state index in [0.717, 1.165) is 11.8 Å². The van der Waals surface area contributed by atoms with Crippen molar-refractivity contribution < 1.29 is 26.9 Å². The van der Waals surface area contributed by atoms with Crippen molar-refractivity contribution in [1.82, 2.24) is 4.90 Å². The van der Waals surface area contributed by atoms with Crippen LogP contribution in [0.2, 0.25) is 0 Å². The van der Waals surface area contributed by atoms with Gasteiger partial charge in [0.05, 0.1) is 47.1 Å². The number of hydrogen-bond donors (Lipinski definition) is 2. The van der Waals surface area contributed by atoms with Crippen molar-refractivity contribution in [1.29, 1.82) is 0 Å². The molecule has 1 aliphatic heterocycles. The van der Waals surface area contributed by atoms with E-state index >= 15 is 0 Å². The number of nitrogens with zero attached hydrogens (tertiary/aromatic N) is 1. The van der Waals surface area contributed by atoms with Gasteiger partial charge in [-0.15, -0.1) is 11.3 Å². The van der Waals surface area contributed by atoms with Crippen molar-refractivity contribution in [2.24, 2.45) is 0 Å². The molecule has 0 spiro atoms. The summed E-state index contributed by atoms with van der Waals surface area (Å²) in [6.45, 7) is 9.05. The molecule has 0 saturated carbocycles. The van der Waals surface area contributed by atoms with E-state index in [1.54, 1.807) is 30.3 Å². The van der Waals surface area contributed by atoms with Gasteiger partial charge in [0.2, 0.25) is 0 Å². The molecule has 2 atom stereocenters. The molecule has 2 aromatic carbocycles. The second kappa shape index (κ2) is 13.5. The molecule has 43 heavy (non-hydrogen) atoms. The lowest BCUT2D eigenvalue weighted by Crippen LogP contribution is -2.46. The maximum absolute atomic E-state index is 14.7. The van der Waals surface area contributed by atoms with Crippen LogP contribution in [-0.4, -0.2) is 68.4 Å². The summed E-state index contributed by atoms with van der Waals surface area (Å²) in [6, 6.07) is 10.2. The molecule has 1 fully saturated rings. The molecule has 2 N–H and O–H groups in total. The van der Waals surface area contributed by atoms with E-state index in [2.05, 4.69) is 22.5 Å². The molecule has 4 rings (SSSR count). The molecule has 5 nitrogen and oxygen atoms in total. The van der Waals surface area contributed by atoms with Crippen molar-refractivity contribution in [3.63, 3.8) is 0 Å². The van der Waals surface area contributed by atoms with Gasteiger partial charge < -0.3 is 24.8 Å². The van der Waals surface area contributed by atoms with Crippen LogP contribution < -0.4 is 20.7 Å². The third kappa shape index (κ3) is 7.50. The predicted molar refractivity (Wildman–Crippen MR) is 172 cm³/mol. The molecular formula is C32H40F4N3O2PS. The first kappa shape index (κ1) is 33.2. The molecule has 0 radical (unpaired) electrons. The number of methoxy groups -OCH3 is 1. The van der Waals surface area contributed by atoms with E-state index in [9.17, 15) is 22.1 Å². The van der Waals surface area contributed by atoms with Gasteiger partial charge in [0.25, 0.3) is 0 Å². The molecule has 1 saturated heterocycles. The minimum atomic E-state index is -4.41. The van der Waals surface area contributed by atoms with Gasteiger partial charge in [-0.05, 0) is 48.7 Å². The number of anilines is 2. The summed E-state index contributed by atoms with van der Waals surface area (Å²) in [7, 11) is 0.745. The summed E-state index contributed by atoms with van der Waals surface area (Å²) in [4.78, 5) is 2.26. The van der Waals surface area contributed by atoms with Crippen LogP contribution in [0.3, 0.4) is 0 Å². The molecule has 0 aliphatic carbocycles. The van der Waals surface area contributed by atoms with Crippen molar-refractivity contribution in [3.05, 3.63) is 46.8 Å². The fraction of sp³-hybridized carbons (Fsp3) is 0.500. The summed E-state index contributed by atoms with van der Waals surface area (Å²) in [6.07, 6.45) is -5.99.